The summed E-state index contributed by atoms with van der Waals surface area (Å²) in [6.45, 7) is 13.8. The zero-order valence-corrected chi connectivity index (χ0v) is 14.1. The van der Waals surface area contributed by atoms with Gasteiger partial charge in [-0.3, -0.25) is 4.90 Å². The number of furan rings is 1. The second kappa shape index (κ2) is 8.48. The Balaban J connectivity index is 2.56. The molecule has 0 bridgehead atoms. The van der Waals surface area contributed by atoms with E-state index in [1.54, 1.807) is 0 Å². The van der Waals surface area contributed by atoms with Gasteiger partial charge in [-0.15, -0.1) is 0 Å². The molecule has 1 heterocycles. The molecule has 3 nitrogen and oxygen atoms in total. The van der Waals surface area contributed by atoms with Crippen LogP contribution in [-0.2, 0) is 13.1 Å². The predicted molar refractivity (Wildman–Crippen MR) is 85.8 cm³/mol. The largest absolute Gasteiger partial charge is 0.463 e. The van der Waals surface area contributed by atoms with Crippen LogP contribution in [0.2, 0.25) is 0 Å². The molecular weight excluding hydrogens is 248 g/mol. The van der Waals surface area contributed by atoms with Gasteiger partial charge in [-0.2, -0.15) is 0 Å². The quantitative estimate of drug-likeness (QED) is 0.742. The number of aryl methyl sites for hydroxylation is 1. The number of nitrogens with zero attached hydrogens (tertiary/aromatic N) is 1. The SMILES string of the molecule is CCC(CC)N(C)Cc1cc(C)c(CNCC(C)C)o1. The van der Waals surface area contributed by atoms with E-state index in [0.717, 1.165) is 31.2 Å². The lowest BCUT2D eigenvalue weighted by Gasteiger charge is -2.24. The van der Waals surface area contributed by atoms with Gasteiger partial charge in [0.2, 0.25) is 0 Å². The van der Waals surface area contributed by atoms with Gasteiger partial charge in [0.25, 0.3) is 0 Å². The first-order valence-corrected chi connectivity index (χ1v) is 7.97. The Morgan fingerprint density at radius 1 is 1.25 bits per heavy atom. The molecule has 1 rings (SSSR count). The van der Waals surface area contributed by atoms with Crippen molar-refractivity contribution in [3.05, 3.63) is 23.2 Å². The Hall–Kier alpha value is -0.800. The molecule has 0 spiro atoms. The lowest BCUT2D eigenvalue weighted by Crippen LogP contribution is -2.29. The molecule has 0 saturated heterocycles. The van der Waals surface area contributed by atoms with Crippen molar-refractivity contribution in [1.82, 2.24) is 10.2 Å². The molecule has 0 aliphatic carbocycles. The average Bonchev–Trinajstić information content (AvgIpc) is 2.70. The van der Waals surface area contributed by atoms with Crippen molar-refractivity contribution < 1.29 is 4.42 Å². The van der Waals surface area contributed by atoms with Crippen LogP contribution in [0.4, 0.5) is 0 Å². The van der Waals surface area contributed by atoms with Gasteiger partial charge >= 0.3 is 0 Å². The highest BCUT2D eigenvalue weighted by Crippen LogP contribution is 2.18. The van der Waals surface area contributed by atoms with Crippen LogP contribution >= 0.6 is 0 Å². The van der Waals surface area contributed by atoms with Crippen molar-refractivity contribution in [2.45, 2.75) is 66.6 Å². The average molecular weight is 280 g/mol. The van der Waals surface area contributed by atoms with Gasteiger partial charge in [-0.1, -0.05) is 27.7 Å². The topological polar surface area (TPSA) is 28.4 Å². The number of hydrogen-bond donors (Lipinski definition) is 1. The summed E-state index contributed by atoms with van der Waals surface area (Å²) in [6, 6.07) is 2.83. The fourth-order valence-corrected chi connectivity index (χ4v) is 2.60. The van der Waals surface area contributed by atoms with Crippen molar-refractivity contribution in [2.75, 3.05) is 13.6 Å². The molecule has 1 N–H and O–H groups in total. The summed E-state index contributed by atoms with van der Waals surface area (Å²) in [7, 11) is 2.19. The van der Waals surface area contributed by atoms with Gasteiger partial charge in [0.1, 0.15) is 11.5 Å². The first-order chi connectivity index (χ1) is 9.47. The molecule has 1 aromatic heterocycles. The second-order valence-corrected chi connectivity index (χ2v) is 6.23. The van der Waals surface area contributed by atoms with E-state index < -0.39 is 0 Å². The fourth-order valence-electron chi connectivity index (χ4n) is 2.60. The maximum absolute atomic E-state index is 6.00. The molecule has 0 radical (unpaired) electrons. The molecule has 0 aromatic carbocycles. The van der Waals surface area contributed by atoms with Crippen molar-refractivity contribution >= 4 is 0 Å². The van der Waals surface area contributed by atoms with Gasteiger partial charge < -0.3 is 9.73 Å². The molecule has 0 aliphatic rings. The Kier molecular flexibility index (Phi) is 7.31. The molecule has 0 amide bonds. The van der Waals surface area contributed by atoms with Crippen molar-refractivity contribution in [1.29, 1.82) is 0 Å². The predicted octanol–water partition coefficient (Wildman–Crippen LogP) is 3.95. The minimum absolute atomic E-state index is 0.642. The second-order valence-electron chi connectivity index (χ2n) is 6.23. The first-order valence-electron chi connectivity index (χ1n) is 7.97. The van der Waals surface area contributed by atoms with E-state index in [2.05, 4.69) is 57.9 Å². The summed E-state index contributed by atoms with van der Waals surface area (Å²) in [5.41, 5.74) is 1.26. The molecule has 116 valence electrons. The van der Waals surface area contributed by atoms with Crippen molar-refractivity contribution in [3.8, 4) is 0 Å². The van der Waals surface area contributed by atoms with E-state index in [-0.39, 0.29) is 0 Å². The first kappa shape index (κ1) is 17.3. The summed E-state index contributed by atoms with van der Waals surface area (Å²) in [4.78, 5) is 2.39. The lowest BCUT2D eigenvalue weighted by atomic mass is 10.1. The minimum Gasteiger partial charge on any atom is -0.463 e. The third kappa shape index (κ3) is 5.29. The Labute approximate surface area is 124 Å². The van der Waals surface area contributed by atoms with E-state index in [9.17, 15) is 0 Å². The summed E-state index contributed by atoms with van der Waals surface area (Å²) in [5.74, 6) is 2.84. The highest BCUT2D eigenvalue weighted by molar-refractivity contribution is 5.20. The van der Waals surface area contributed by atoms with Crippen LogP contribution in [0.1, 0.15) is 57.6 Å². The normalized spacial score (nSPS) is 12.1. The van der Waals surface area contributed by atoms with Crippen molar-refractivity contribution in [3.63, 3.8) is 0 Å². The van der Waals surface area contributed by atoms with E-state index in [4.69, 9.17) is 4.42 Å². The third-order valence-electron chi connectivity index (χ3n) is 3.88. The van der Waals surface area contributed by atoms with Crippen LogP contribution in [0.5, 0.6) is 0 Å². The highest BCUT2D eigenvalue weighted by atomic mass is 16.3. The molecule has 0 unspecified atom stereocenters. The van der Waals surface area contributed by atoms with Crippen LogP contribution in [0.3, 0.4) is 0 Å². The molecule has 3 heteroatoms. The van der Waals surface area contributed by atoms with E-state index >= 15 is 0 Å². The molecule has 0 aliphatic heterocycles. The van der Waals surface area contributed by atoms with E-state index in [1.165, 1.54) is 18.4 Å². The lowest BCUT2D eigenvalue weighted by molar-refractivity contribution is 0.204. The van der Waals surface area contributed by atoms with Crippen LogP contribution in [0.15, 0.2) is 10.5 Å². The van der Waals surface area contributed by atoms with Gasteiger partial charge in [0, 0.05) is 6.04 Å². The number of nitrogens with one attached hydrogen (secondary N) is 1. The zero-order valence-electron chi connectivity index (χ0n) is 14.1. The summed E-state index contributed by atoms with van der Waals surface area (Å²) in [6.07, 6.45) is 2.38. The Morgan fingerprint density at radius 3 is 2.45 bits per heavy atom. The monoisotopic (exact) mass is 280 g/mol. The molecule has 0 saturated carbocycles. The molecule has 0 fully saturated rings. The zero-order chi connectivity index (χ0) is 15.1. The highest BCUT2D eigenvalue weighted by Gasteiger charge is 2.14. The smallest absolute Gasteiger partial charge is 0.120 e. The van der Waals surface area contributed by atoms with E-state index in [1.807, 2.05) is 0 Å². The summed E-state index contributed by atoms with van der Waals surface area (Å²) in [5, 5.41) is 3.45. The van der Waals surface area contributed by atoms with Crippen LogP contribution in [0.25, 0.3) is 0 Å². The van der Waals surface area contributed by atoms with Crippen LogP contribution in [-0.4, -0.2) is 24.5 Å². The summed E-state index contributed by atoms with van der Waals surface area (Å²) >= 11 is 0. The summed E-state index contributed by atoms with van der Waals surface area (Å²) < 4.78 is 6.00. The molecule has 0 atom stereocenters. The maximum Gasteiger partial charge on any atom is 0.120 e. The van der Waals surface area contributed by atoms with Crippen LogP contribution in [0, 0.1) is 12.8 Å². The number of hydrogen-bond acceptors (Lipinski definition) is 3. The standard InChI is InChI=1S/C17H32N2O/c1-7-15(8-2)19(6)12-16-9-14(5)17(20-16)11-18-10-13(3)4/h9,13,15,18H,7-8,10-12H2,1-6H3. The van der Waals surface area contributed by atoms with Gasteiger partial charge in [-0.25, -0.2) is 0 Å². The fraction of sp³-hybridized carbons (Fsp3) is 0.765. The molecular formula is C17H32N2O. The molecule has 1 aromatic rings. The third-order valence-corrected chi connectivity index (χ3v) is 3.88. The van der Waals surface area contributed by atoms with Gasteiger partial charge in [-0.05, 0) is 50.9 Å². The Bertz CT molecular complexity index is 380. The number of rotatable bonds is 9. The van der Waals surface area contributed by atoms with Gasteiger partial charge in [0.05, 0.1) is 13.1 Å². The minimum atomic E-state index is 0.642. The van der Waals surface area contributed by atoms with Crippen LogP contribution < -0.4 is 5.32 Å². The maximum atomic E-state index is 6.00. The van der Waals surface area contributed by atoms with Crippen molar-refractivity contribution in [2.24, 2.45) is 5.92 Å². The molecule has 20 heavy (non-hydrogen) atoms. The Morgan fingerprint density at radius 2 is 1.90 bits per heavy atom. The van der Waals surface area contributed by atoms with Gasteiger partial charge in [0.15, 0.2) is 0 Å². The van der Waals surface area contributed by atoms with E-state index in [0.29, 0.717) is 12.0 Å².